The molecular weight excluding hydrogens is 733 g/mol. The molecule has 2 amide bonds. The van der Waals surface area contributed by atoms with E-state index in [2.05, 4.69) is 0 Å². The molecule has 2 atom stereocenters. The van der Waals surface area contributed by atoms with Crippen molar-refractivity contribution in [2.75, 3.05) is 51.6 Å². The monoisotopic (exact) mass is 775 g/mol. The first-order chi connectivity index (χ1) is 24.3. The highest BCUT2D eigenvalue weighted by atomic mass is 35.5. The van der Waals surface area contributed by atoms with Gasteiger partial charge in [0.05, 0.1) is 28.9 Å². The number of benzene rings is 3. The number of amides is 2. The van der Waals surface area contributed by atoms with E-state index in [0.717, 1.165) is 30.4 Å². The van der Waals surface area contributed by atoms with Crippen LogP contribution in [0.4, 0.5) is 4.79 Å². The Kier molecular flexibility index (Phi) is 11.4. The van der Waals surface area contributed by atoms with Gasteiger partial charge in [0.25, 0.3) is 0 Å². The van der Waals surface area contributed by atoms with Gasteiger partial charge in [-0.2, -0.15) is 8.61 Å². The number of amidine groups is 1. The van der Waals surface area contributed by atoms with Crippen LogP contribution in [-0.4, -0.2) is 98.7 Å². The molecule has 3 heterocycles. The molecule has 11 nitrogen and oxygen atoms in total. The number of carbonyl (C=O) groups is 1. The second-order valence-electron chi connectivity index (χ2n) is 12.9. The fraction of sp³-hybridized carbons (Fsp3) is 0.444. The third kappa shape index (κ3) is 7.65. The molecular formula is C36H43Cl2N5O6S2. The SMILES string of the molecule is CCOc1cc(C)c(S(=O)(=O)N2CCCCC2)cc1C1=N[C@@H](c2ccc(Cl)cc2)[C@@H](c2ccc(Cl)cc2)N1C(=O)N1CCN(S(=O)(=O)CC)CC1. The van der Waals surface area contributed by atoms with Crippen molar-refractivity contribution < 1.29 is 26.4 Å². The molecule has 15 heteroatoms. The summed E-state index contributed by atoms with van der Waals surface area (Å²) in [5, 5.41) is 1.07. The van der Waals surface area contributed by atoms with Gasteiger partial charge in [-0.3, -0.25) is 9.89 Å². The van der Waals surface area contributed by atoms with Crippen LogP contribution in [0.1, 0.15) is 67.4 Å². The number of hydrogen-bond donors (Lipinski definition) is 0. The molecule has 0 aliphatic carbocycles. The van der Waals surface area contributed by atoms with Gasteiger partial charge >= 0.3 is 6.03 Å². The Labute approximate surface area is 310 Å². The first-order valence-electron chi connectivity index (χ1n) is 17.3. The minimum absolute atomic E-state index is 0.0262. The lowest BCUT2D eigenvalue weighted by molar-refractivity contribution is 0.143. The molecule has 2 saturated heterocycles. The second kappa shape index (κ2) is 15.4. The fourth-order valence-electron chi connectivity index (χ4n) is 6.98. The van der Waals surface area contributed by atoms with E-state index < -0.39 is 32.1 Å². The number of piperazine rings is 1. The van der Waals surface area contributed by atoms with Crippen LogP contribution in [0.5, 0.6) is 5.75 Å². The number of sulfonamides is 2. The number of aliphatic imine (C=N–C) groups is 1. The van der Waals surface area contributed by atoms with Crippen molar-refractivity contribution in [2.24, 2.45) is 4.99 Å². The van der Waals surface area contributed by atoms with Crippen LogP contribution < -0.4 is 4.74 Å². The summed E-state index contributed by atoms with van der Waals surface area (Å²) in [6.07, 6.45) is 2.55. The van der Waals surface area contributed by atoms with E-state index >= 15 is 0 Å². The van der Waals surface area contributed by atoms with E-state index in [-0.39, 0.29) is 48.7 Å². The van der Waals surface area contributed by atoms with Crippen LogP contribution in [0.25, 0.3) is 0 Å². The third-order valence-electron chi connectivity index (χ3n) is 9.71. The number of hydrogen-bond acceptors (Lipinski definition) is 7. The summed E-state index contributed by atoms with van der Waals surface area (Å²) in [6.45, 7) is 7.00. The Bertz CT molecular complexity index is 2000. The minimum Gasteiger partial charge on any atom is -0.493 e. The summed E-state index contributed by atoms with van der Waals surface area (Å²) < 4.78 is 62.7. The molecule has 0 bridgehead atoms. The molecule has 0 unspecified atom stereocenters. The molecule has 0 aromatic heterocycles. The van der Waals surface area contributed by atoms with Crippen molar-refractivity contribution in [1.82, 2.24) is 18.4 Å². The highest BCUT2D eigenvalue weighted by molar-refractivity contribution is 7.89. The van der Waals surface area contributed by atoms with Gasteiger partial charge in [-0.25, -0.2) is 21.6 Å². The van der Waals surface area contributed by atoms with Crippen LogP contribution in [0, 0.1) is 6.92 Å². The average molecular weight is 777 g/mol. The normalized spacial score (nSPS) is 20.8. The maximum absolute atomic E-state index is 14.9. The predicted molar refractivity (Wildman–Crippen MR) is 200 cm³/mol. The highest BCUT2D eigenvalue weighted by Crippen LogP contribution is 2.46. The van der Waals surface area contributed by atoms with Gasteiger partial charge in [0, 0.05) is 49.3 Å². The Morgan fingerprint density at radius 2 is 1.39 bits per heavy atom. The Hall–Kier alpha value is -3.20. The van der Waals surface area contributed by atoms with Crippen LogP contribution in [0.3, 0.4) is 0 Å². The summed E-state index contributed by atoms with van der Waals surface area (Å²) in [4.78, 5) is 23.6. The molecule has 274 valence electrons. The van der Waals surface area contributed by atoms with Crippen molar-refractivity contribution in [3.8, 4) is 5.75 Å². The first kappa shape index (κ1) is 37.6. The maximum atomic E-state index is 14.9. The van der Waals surface area contributed by atoms with E-state index in [1.165, 1.54) is 8.61 Å². The number of carbonyl (C=O) groups excluding carboxylic acids is 1. The lowest BCUT2D eigenvalue weighted by atomic mass is 9.93. The third-order valence-corrected chi connectivity index (χ3v) is 14.1. The van der Waals surface area contributed by atoms with Gasteiger partial charge in [-0.1, -0.05) is 53.9 Å². The van der Waals surface area contributed by atoms with Gasteiger partial charge in [-0.15, -0.1) is 0 Å². The molecule has 2 fully saturated rings. The van der Waals surface area contributed by atoms with Gasteiger partial charge < -0.3 is 9.64 Å². The Morgan fingerprint density at radius 3 is 1.96 bits per heavy atom. The summed E-state index contributed by atoms with van der Waals surface area (Å²) in [5.41, 5.74) is 2.44. The minimum atomic E-state index is -3.88. The number of piperidine rings is 1. The van der Waals surface area contributed by atoms with Crippen molar-refractivity contribution in [3.63, 3.8) is 0 Å². The van der Waals surface area contributed by atoms with Gasteiger partial charge in [0.1, 0.15) is 17.6 Å². The zero-order chi connectivity index (χ0) is 36.5. The lowest BCUT2D eigenvalue weighted by Gasteiger charge is -2.38. The van der Waals surface area contributed by atoms with E-state index in [1.807, 2.05) is 31.2 Å². The number of ether oxygens (including phenoxy) is 1. The molecule has 3 aliphatic rings. The summed E-state index contributed by atoms with van der Waals surface area (Å²) in [7, 11) is -7.32. The summed E-state index contributed by atoms with van der Waals surface area (Å²) in [6, 6.07) is 16.1. The average Bonchev–Trinajstić information content (AvgIpc) is 3.52. The smallest absolute Gasteiger partial charge is 0.326 e. The molecule has 51 heavy (non-hydrogen) atoms. The van der Waals surface area contributed by atoms with Crippen LogP contribution in [-0.2, 0) is 20.0 Å². The Morgan fingerprint density at radius 1 is 0.804 bits per heavy atom. The molecule has 0 radical (unpaired) electrons. The number of rotatable bonds is 9. The van der Waals surface area contributed by atoms with E-state index in [9.17, 15) is 21.6 Å². The number of urea groups is 1. The first-order valence-corrected chi connectivity index (χ1v) is 21.1. The molecule has 3 aromatic rings. The number of halogens is 2. The molecule has 0 saturated carbocycles. The Balaban J connectivity index is 1.53. The van der Waals surface area contributed by atoms with Gasteiger partial charge in [-0.05, 0) is 86.7 Å². The lowest BCUT2D eigenvalue weighted by Crippen LogP contribution is -2.55. The molecule has 3 aromatic carbocycles. The standard InChI is InChI=1S/C36H43Cl2N5O6S2/c1-4-49-31-23-25(3)32(51(47,48)42-17-7-6-8-18-42)24-30(31)35-39-33(26-9-13-28(37)14-10-26)34(27-11-15-29(38)16-12-27)43(35)36(44)40-19-21-41(22-20-40)50(45,46)5-2/h9-16,23-24,33-34H,4-8,17-22H2,1-3H3/t33-,34+/m0/s1. The zero-order valence-corrected chi connectivity index (χ0v) is 32.1. The number of aryl methyl sites for hydroxylation is 1. The van der Waals surface area contributed by atoms with E-state index in [1.54, 1.807) is 60.0 Å². The predicted octanol–water partition coefficient (Wildman–Crippen LogP) is 6.51. The van der Waals surface area contributed by atoms with E-state index in [4.69, 9.17) is 32.9 Å². The van der Waals surface area contributed by atoms with Crippen molar-refractivity contribution in [1.29, 1.82) is 0 Å². The van der Waals surface area contributed by atoms with Crippen LogP contribution in [0.2, 0.25) is 10.0 Å². The molecule has 3 aliphatic heterocycles. The quantitative estimate of drug-likeness (QED) is 0.245. The zero-order valence-electron chi connectivity index (χ0n) is 29.0. The molecule has 6 rings (SSSR count). The van der Waals surface area contributed by atoms with E-state index in [0.29, 0.717) is 46.6 Å². The largest absolute Gasteiger partial charge is 0.493 e. The maximum Gasteiger partial charge on any atom is 0.326 e. The van der Waals surface area contributed by atoms with Gasteiger partial charge in [0.2, 0.25) is 20.0 Å². The van der Waals surface area contributed by atoms with Crippen molar-refractivity contribution in [2.45, 2.75) is 57.0 Å². The fourth-order valence-corrected chi connectivity index (χ4v) is 10.1. The highest BCUT2D eigenvalue weighted by Gasteiger charge is 2.46. The van der Waals surface area contributed by atoms with Crippen LogP contribution >= 0.6 is 23.2 Å². The van der Waals surface area contributed by atoms with Gasteiger partial charge in [0.15, 0.2) is 0 Å². The summed E-state index contributed by atoms with van der Waals surface area (Å²) >= 11 is 12.6. The molecule has 0 N–H and O–H groups in total. The summed E-state index contributed by atoms with van der Waals surface area (Å²) in [5.74, 6) is 0.623. The van der Waals surface area contributed by atoms with Crippen molar-refractivity contribution >= 4 is 55.1 Å². The molecule has 0 spiro atoms. The van der Waals surface area contributed by atoms with Crippen LogP contribution in [0.15, 0.2) is 70.6 Å². The number of nitrogens with zero attached hydrogens (tertiary/aromatic N) is 5. The topological polar surface area (TPSA) is 120 Å². The van der Waals surface area contributed by atoms with Crippen molar-refractivity contribution in [3.05, 3.63) is 93.0 Å². The second-order valence-corrected chi connectivity index (χ2v) is 17.9.